The van der Waals surface area contributed by atoms with Gasteiger partial charge in [0.2, 0.25) is 0 Å². The van der Waals surface area contributed by atoms with Crippen LogP contribution in [0.5, 0.6) is 0 Å². The van der Waals surface area contributed by atoms with E-state index < -0.39 is 31.3 Å². The first kappa shape index (κ1) is 29.3. The molecule has 0 radical (unpaired) electrons. The van der Waals surface area contributed by atoms with Gasteiger partial charge in [-0.3, -0.25) is 10.1 Å². The van der Waals surface area contributed by atoms with Crippen LogP contribution in [-0.2, 0) is 32.2 Å². The first-order valence-corrected chi connectivity index (χ1v) is 14.9. The summed E-state index contributed by atoms with van der Waals surface area (Å²) < 4.78 is 39.4. The van der Waals surface area contributed by atoms with Crippen LogP contribution < -0.4 is 0 Å². The predicted molar refractivity (Wildman–Crippen MR) is 145 cm³/mol. The highest BCUT2D eigenvalue weighted by atomic mass is 32.2. The molecule has 1 saturated heterocycles. The molecular formula is C29H41NO6S. The lowest BCUT2D eigenvalue weighted by atomic mass is 9.91. The van der Waals surface area contributed by atoms with Crippen molar-refractivity contribution in [3.63, 3.8) is 0 Å². The minimum atomic E-state index is -4.11. The lowest BCUT2D eigenvalue weighted by Crippen LogP contribution is -2.64. The van der Waals surface area contributed by atoms with Gasteiger partial charge in [0.05, 0.1) is 4.90 Å². The van der Waals surface area contributed by atoms with Crippen molar-refractivity contribution in [3.8, 4) is 0 Å². The lowest BCUT2D eigenvalue weighted by Gasteiger charge is -2.41. The van der Waals surface area contributed by atoms with Gasteiger partial charge in [0, 0.05) is 4.92 Å². The monoisotopic (exact) mass is 531 g/mol. The fraction of sp³-hybridized carbons (Fsp3) is 0.586. The molecule has 37 heavy (non-hydrogen) atoms. The Morgan fingerprint density at radius 2 is 1.49 bits per heavy atom. The Kier molecular flexibility index (Phi) is 9.89. The van der Waals surface area contributed by atoms with Crippen LogP contribution in [0.25, 0.3) is 0 Å². The number of ether oxygens (including phenoxy) is 2. The van der Waals surface area contributed by atoms with E-state index in [1.165, 1.54) is 43.7 Å². The highest BCUT2D eigenvalue weighted by Crippen LogP contribution is 2.36. The van der Waals surface area contributed by atoms with E-state index in [2.05, 4.69) is 6.92 Å². The van der Waals surface area contributed by atoms with Crippen LogP contribution in [0.4, 0.5) is 0 Å². The second-order valence-corrected chi connectivity index (χ2v) is 12.8. The summed E-state index contributed by atoms with van der Waals surface area (Å²) in [6.45, 7) is 6.56. The van der Waals surface area contributed by atoms with Crippen molar-refractivity contribution in [1.29, 1.82) is 0 Å². The summed E-state index contributed by atoms with van der Waals surface area (Å²) >= 11 is 0. The van der Waals surface area contributed by atoms with E-state index in [0.717, 1.165) is 18.4 Å². The van der Waals surface area contributed by atoms with E-state index in [9.17, 15) is 18.5 Å². The molecule has 2 aromatic rings. The lowest BCUT2D eigenvalue weighted by molar-refractivity contribution is -0.595. The maximum atomic E-state index is 14.0. The number of rotatable bonds is 13. The average molecular weight is 532 g/mol. The van der Waals surface area contributed by atoms with E-state index >= 15 is 0 Å². The zero-order valence-corrected chi connectivity index (χ0v) is 23.4. The minimum Gasteiger partial charge on any atom is -0.343 e. The maximum absolute atomic E-state index is 14.0. The van der Waals surface area contributed by atoms with Crippen molar-refractivity contribution in [2.45, 2.75) is 101 Å². The third-order valence-corrected chi connectivity index (χ3v) is 9.77. The molecule has 0 saturated carbocycles. The number of unbranched alkanes of at least 4 members (excludes halogenated alkanes) is 5. The van der Waals surface area contributed by atoms with Crippen LogP contribution in [0.2, 0.25) is 0 Å². The van der Waals surface area contributed by atoms with Crippen molar-refractivity contribution in [2.24, 2.45) is 0 Å². The first-order chi connectivity index (χ1) is 17.5. The predicted octanol–water partition coefficient (Wildman–Crippen LogP) is 6.08. The number of hydrogen-bond donors (Lipinski definition) is 0. The van der Waals surface area contributed by atoms with Gasteiger partial charge < -0.3 is 9.47 Å². The Hall–Kier alpha value is -2.29. The smallest absolute Gasteiger partial charge is 0.285 e. The quantitative estimate of drug-likeness (QED) is 0.177. The fourth-order valence-corrected chi connectivity index (χ4v) is 7.18. The second-order valence-electron chi connectivity index (χ2n) is 10.7. The first-order valence-electron chi connectivity index (χ1n) is 13.3. The molecule has 0 aliphatic carbocycles. The molecule has 1 atom stereocenters. The van der Waals surface area contributed by atoms with Gasteiger partial charge >= 0.3 is 0 Å². The van der Waals surface area contributed by atoms with Crippen LogP contribution in [0.15, 0.2) is 53.4 Å². The van der Waals surface area contributed by atoms with Crippen LogP contribution in [0.1, 0.15) is 76.0 Å². The van der Waals surface area contributed by atoms with Gasteiger partial charge in [-0.15, -0.1) is 0 Å². The molecule has 1 aliphatic heterocycles. The molecule has 1 aliphatic rings. The topological polar surface area (TPSA) is 95.7 Å². The Morgan fingerprint density at radius 1 is 0.919 bits per heavy atom. The number of nitro groups is 1. The normalized spacial score (nSPS) is 17.8. The van der Waals surface area contributed by atoms with E-state index in [4.69, 9.17) is 9.47 Å². The van der Waals surface area contributed by atoms with Gasteiger partial charge in [-0.1, -0.05) is 81.5 Å². The third kappa shape index (κ3) is 7.18. The van der Waals surface area contributed by atoms with Gasteiger partial charge in [-0.05, 0) is 62.8 Å². The van der Waals surface area contributed by atoms with Gasteiger partial charge in [-0.25, -0.2) is 8.42 Å². The number of sulfone groups is 1. The van der Waals surface area contributed by atoms with Crippen molar-refractivity contribution >= 4 is 9.84 Å². The Balaban J connectivity index is 1.88. The van der Waals surface area contributed by atoms with Crippen LogP contribution >= 0.6 is 0 Å². The Bertz CT molecular complexity index is 1130. The third-order valence-electron chi connectivity index (χ3n) is 7.34. The van der Waals surface area contributed by atoms with E-state index in [0.29, 0.717) is 5.56 Å². The zero-order chi connectivity index (χ0) is 27.1. The summed E-state index contributed by atoms with van der Waals surface area (Å²) in [5, 5.41) is 11.2. The molecule has 7 nitrogen and oxygen atoms in total. The Labute approximate surface area is 221 Å². The molecule has 0 amide bonds. The maximum Gasteiger partial charge on any atom is 0.285 e. The second kappa shape index (κ2) is 12.5. The van der Waals surface area contributed by atoms with Crippen molar-refractivity contribution in [3.05, 3.63) is 75.3 Å². The molecule has 1 heterocycles. The Morgan fingerprint density at radius 3 is 2.08 bits per heavy atom. The number of benzene rings is 2. The molecular weight excluding hydrogens is 490 g/mol. The highest BCUT2D eigenvalue weighted by Gasteiger charge is 2.60. The van der Waals surface area contributed by atoms with Crippen molar-refractivity contribution < 1.29 is 22.8 Å². The molecule has 204 valence electrons. The SMILES string of the molecule is CCCCCCCCc1ccc(CC(C2([N+](=O)[O-])COC(C)(C)OC2)S(=O)(=O)c2ccccc2C)cc1. The number of hydrogen-bond acceptors (Lipinski definition) is 6. The van der Waals surface area contributed by atoms with E-state index in [1.54, 1.807) is 39.0 Å². The molecule has 1 unspecified atom stereocenters. The summed E-state index contributed by atoms with van der Waals surface area (Å²) in [6, 6.07) is 14.4. The summed E-state index contributed by atoms with van der Waals surface area (Å²) in [7, 11) is -4.11. The molecule has 2 aromatic carbocycles. The minimum absolute atomic E-state index is 0.0118. The molecule has 0 N–H and O–H groups in total. The van der Waals surface area contributed by atoms with Crippen LogP contribution in [0.3, 0.4) is 0 Å². The molecule has 0 spiro atoms. The summed E-state index contributed by atoms with van der Waals surface area (Å²) in [4.78, 5) is 12.1. The molecule has 1 fully saturated rings. The molecule has 8 heteroatoms. The largest absolute Gasteiger partial charge is 0.343 e. The standard InChI is InChI=1S/C29H41NO6S/c1-5-6-7-8-9-10-14-24-16-18-25(19-17-24)20-27(37(33,34)26-15-12-11-13-23(26)2)29(30(31)32)21-35-28(3,4)36-22-29/h11-13,15-19,27H,5-10,14,20-22H2,1-4H3. The zero-order valence-electron chi connectivity index (χ0n) is 22.6. The van der Waals surface area contributed by atoms with Gasteiger partial charge in [0.25, 0.3) is 5.54 Å². The molecule has 0 bridgehead atoms. The van der Waals surface area contributed by atoms with Crippen molar-refractivity contribution in [1.82, 2.24) is 0 Å². The van der Waals surface area contributed by atoms with Crippen LogP contribution in [-0.4, -0.2) is 43.1 Å². The fourth-order valence-electron chi connectivity index (χ4n) is 4.87. The highest BCUT2D eigenvalue weighted by molar-refractivity contribution is 7.92. The number of nitrogens with zero attached hydrogens (tertiary/aromatic N) is 1. The molecule has 0 aromatic heterocycles. The summed E-state index contributed by atoms with van der Waals surface area (Å²) in [5.74, 6) is -1.02. The van der Waals surface area contributed by atoms with E-state index in [-0.39, 0.29) is 24.5 Å². The van der Waals surface area contributed by atoms with Crippen molar-refractivity contribution in [2.75, 3.05) is 13.2 Å². The molecule has 3 rings (SSSR count). The van der Waals surface area contributed by atoms with Gasteiger partial charge in [0.1, 0.15) is 18.5 Å². The summed E-state index contributed by atoms with van der Waals surface area (Å²) in [5.41, 5.74) is 0.541. The summed E-state index contributed by atoms with van der Waals surface area (Å²) in [6.07, 6.45) is 8.29. The van der Waals surface area contributed by atoms with Gasteiger partial charge in [0.15, 0.2) is 15.6 Å². The van der Waals surface area contributed by atoms with Crippen LogP contribution in [0, 0.1) is 17.0 Å². The van der Waals surface area contributed by atoms with E-state index in [1.807, 2.05) is 24.3 Å². The average Bonchev–Trinajstić information content (AvgIpc) is 2.86. The van der Waals surface area contributed by atoms with Gasteiger partial charge in [-0.2, -0.15) is 0 Å². The number of aryl methyl sites for hydroxylation is 2.